The average Bonchev–Trinajstić information content (AvgIpc) is 3.04. The third-order valence-corrected chi connectivity index (χ3v) is 4.44. The number of H-pyrrole nitrogens is 1. The molecular formula is C17H10BrF6N3O. The molecule has 0 aliphatic rings. The molecule has 2 N–H and O–H groups in total. The lowest BCUT2D eigenvalue weighted by Gasteiger charge is -2.08. The van der Waals surface area contributed by atoms with Crippen molar-refractivity contribution in [3.63, 3.8) is 0 Å². The van der Waals surface area contributed by atoms with Gasteiger partial charge in [0.1, 0.15) is 11.4 Å². The van der Waals surface area contributed by atoms with Crippen molar-refractivity contribution in [2.24, 2.45) is 0 Å². The van der Waals surface area contributed by atoms with Crippen LogP contribution >= 0.6 is 15.9 Å². The first kappa shape index (κ1) is 20.2. The van der Waals surface area contributed by atoms with E-state index in [1.54, 1.807) is 0 Å². The Morgan fingerprint density at radius 2 is 1.79 bits per heavy atom. The van der Waals surface area contributed by atoms with Gasteiger partial charge in [-0.1, -0.05) is 0 Å². The van der Waals surface area contributed by atoms with Crippen molar-refractivity contribution in [3.8, 4) is 0 Å². The molecule has 148 valence electrons. The zero-order valence-corrected chi connectivity index (χ0v) is 15.3. The van der Waals surface area contributed by atoms with Gasteiger partial charge in [-0.05, 0) is 51.8 Å². The van der Waals surface area contributed by atoms with Gasteiger partial charge in [0.25, 0.3) is 5.91 Å². The minimum atomic E-state index is -4.61. The summed E-state index contributed by atoms with van der Waals surface area (Å²) in [6, 6.07) is 5.63. The maximum atomic E-state index is 12.8. The van der Waals surface area contributed by atoms with E-state index in [0.29, 0.717) is 21.5 Å². The molecular weight excluding hydrogens is 456 g/mol. The standard InChI is InChI=1S/C17H10BrF6N3O/c18-11-4-8(3-10-5-13(17(22,23)24)27-14(10)11)6-26-15(28)9-1-2-12(25-7-9)16(19,20)21/h1-5,7,27H,6H2,(H,26,28). The number of hydrogen-bond acceptors (Lipinski definition) is 2. The molecule has 1 amide bonds. The van der Waals surface area contributed by atoms with Gasteiger partial charge in [0, 0.05) is 22.6 Å². The van der Waals surface area contributed by atoms with Crippen LogP contribution in [0.5, 0.6) is 0 Å². The third-order valence-electron chi connectivity index (χ3n) is 3.81. The molecule has 28 heavy (non-hydrogen) atoms. The van der Waals surface area contributed by atoms with Crippen molar-refractivity contribution in [2.75, 3.05) is 0 Å². The van der Waals surface area contributed by atoms with Gasteiger partial charge in [-0.3, -0.25) is 9.78 Å². The lowest BCUT2D eigenvalue weighted by molar-refractivity contribution is -0.141. The Labute approximate surface area is 162 Å². The molecule has 11 heteroatoms. The van der Waals surface area contributed by atoms with E-state index in [0.717, 1.165) is 18.3 Å². The smallest absolute Gasteiger partial charge is 0.350 e. The molecule has 0 radical (unpaired) electrons. The van der Waals surface area contributed by atoms with Gasteiger partial charge in [0.2, 0.25) is 0 Å². The van der Waals surface area contributed by atoms with Gasteiger partial charge in [0.05, 0.1) is 11.1 Å². The van der Waals surface area contributed by atoms with Gasteiger partial charge >= 0.3 is 12.4 Å². The highest BCUT2D eigenvalue weighted by Gasteiger charge is 2.33. The molecule has 0 aliphatic heterocycles. The summed E-state index contributed by atoms with van der Waals surface area (Å²) >= 11 is 3.18. The molecule has 0 fully saturated rings. The SMILES string of the molecule is O=C(NCc1cc(Br)c2[nH]c(C(F)(F)F)cc2c1)c1ccc(C(F)(F)F)nc1. The molecule has 0 saturated heterocycles. The van der Waals surface area contributed by atoms with Gasteiger partial charge in [0.15, 0.2) is 0 Å². The van der Waals surface area contributed by atoms with Crippen LogP contribution in [-0.2, 0) is 18.9 Å². The van der Waals surface area contributed by atoms with Crippen LogP contribution in [0.1, 0.15) is 27.3 Å². The first-order valence-corrected chi connectivity index (χ1v) is 8.44. The summed E-state index contributed by atoms with van der Waals surface area (Å²) in [6.07, 6.45) is -8.33. The first-order chi connectivity index (χ1) is 12.9. The second kappa shape index (κ2) is 7.12. The summed E-state index contributed by atoms with van der Waals surface area (Å²) in [6.45, 7) is -0.0407. The fourth-order valence-corrected chi connectivity index (χ4v) is 3.12. The lowest BCUT2D eigenvalue weighted by Crippen LogP contribution is -2.23. The highest BCUT2D eigenvalue weighted by Crippen LogP contribution is 2.34. The minimum absolute atomic E-state index is 0.0407. The summed E-state index contributed by atoms with van der Waals surface area (Å²) in [5.74, 6) is -0.664. The summed E-state index contributed by atoms with van der Waals surface area (Å²) in [7, 11) is 0. The summed E-state index contributed by atoms with van der Waals surface area (Å²) in [5, 5.41) is 2.78. The topological polar surface area (TPSA) is 57.8 Å². The molecule has 0 unspecified atom stereocenters. The van der Waals surface area contributed by atoms with Crippen LogP contribution in [0, 0.1) is 0 Å². The van der Waals surface area contributed by atoms with Gasteiger partial charge < -0.3 is 10.3 Å². The first-order valence-electron chi connectivity index (χ1n) is 7.65. The van der Waals surface area contributed by atoms with Crippen molar-refractivity contribution in [2.45, 2.75) is 18.9 Å². The Balaban J connectivity index is 1.75. The minimum Gasteiger partial charge on any atom is -0.350 e. The highest BCUT2D eigenvalue weighted by molar-refractivity contribution is 9.10. The zero-order chi connectivity index (χ0) is 20.7. The van der Waals surface area contributed by atoms with Gasteiger partial charge in [-0.2, -0.15) is 26.3 Å². The van der Waals surface area contributed by atoms with Crippen LogP contribution in [-0.4, -0.2) is 15.9 Å². The number of carbonyl (C=O) groups is 1. The molecule has 0 spiro atoms. The van der Waals surface area contributed by atoms with Crippen molar-refractivity contribution < 1.29 is 31.1 Å². The molecule has 3 rings (SSSR count). The number of rotatable bonds is 3. The number of amides is 1. The van der Waals surface area contributed by atoms with Crippen LogP contribution in [0.25, 0.3) is 10.9 Å². The maximum Gasteiger partial charge on any atom is 0.433 e. The zero-order valence-electron chi connectivity index (χ0n) is 13.7. The average molecular weight is 466 g/mol. The van der Waals surface area contributed by atoms with Crippen LogP contribution in [0.2, 0.25) is 0 Å². The van der Waals surface area contributed by atoms with Crippen molar-refractivity contribution >= 4 is 32.7 Å². The molecule has 0 atom stereocenters. The van der Waals surface area contributed by atoms with Crippen molar-refractivity contribution in [1.82, 2.24) is 15.3 Å². The second-order valence-corrected chi connectivity index (χ2v) is 6.69. The van der Waals surface area contributed by atoms with Crippen LogP contribution < -0.4 is 5.32 Å². The Bertz CT molecular complexity index is 1020. The lowest BCUT2D eigenvalue weighted by atomic mass is 10.1. The monoisotopic (exact) mass is 465 g/mol. The molecule has 0 saturated carbocycles. The van der Waals surface area contributed by atoms with E-state index < -0.39 is 29.6 Å². The van der Waals surface area contributed by atoms with E-state index in [2.05, 4.69) is 31.2 Å². The Kier molecular flexibility index (Phi) is 5.13. The van der Waals surface area contributed by atoms with E-state index in [9.17, 15) is 31.1 Å². The van der Waals surface area contributed by atoms with Gasteiger partial charge in [-0.25, -0.2) is 0 Å². The number of aromatic nitrogens is 2. The molecule has 4 nitrogen and oxygen atoms in total. The largest absolute Gasteiger partial charge is 0.433 e. The summed E-state index contributed by atoms with van der Waals surface area (Å²) in [4.78, 5) is 17.5. The number of aromatic amines is 1. The quantitative estimate of drug-likeness (QED) is 0.516. The van der Waals surface area contributed by atoms with E-state index in [1.807, 2.05) is 0 Å². The third kappa shape index (κ3) is 4.29. The molecule has 0 aliphatic carbocycles. The Morgan fingerprint density at radius 1 is 1.07 bits per heavy atom. The Hall–Kier alpha value is -2.56. The molecule has 2 heterocycles. The summed E-state index contributed by atoms with van der Waals surface area (Å²) < 4.78 is 76.3. The maximum absolute atomic E-state index is 12.8. The van der Waals surface area contributed by atoms with Crippen molar-refractivity contribution in [1.29, 1.82) is 0 Å². The molecule has 2 aromatic heterocycles. The fraction of sp³-hybridized carbons (Fsp3) is 0.176. The number of carbonyl (C=O) groups excluding carboxylic acids is 1. The predicted molar refractivity (Wildman–Crippen MR) is 91.4 cm³/mol. The number of nitrogens with one attached hydrogen (secondary N) is 2. The van der Waals surface area contributed by atoms with E-state index in [1.165, 1.54) is 12.1 Å². The van der Waals surface area contributed by atoms with E-state index >= 15 is 0 Å². The Morgan fingerprint density at radius 3 is 2.36 bits per heavy atom. The predicted octanol–water partition coefficient (Wildman–Crippen LogP) is 5.29. The van der Waals surface area contributed by atoms with Gasteiger partial charge in [-0.15, -0.1) is 0 Å². The fourth-order valence-electron chi connectivity index (χ4n) is 2.49. The number of hydrogen-bond donors (Lipinski definition) is 2. The van der Waals surface area contributed by atoms with Crippen LogP contribution in [0.4, 0.5) is 26.3 Å². The molecule has 3 aromatic rings. The van der Waals surface area contributed by atoms with Crippen LogP contribution in [0.15, 0.2) is 41.0 Å². The number of nitrogens with zero attached hydrogens (tertiary/aromatic N) is 1. The van der Waals surface area contributed by atoms with E-state index in [-0.39, 0.29) is 17.6 Å². The number of halogens is 7. The normalized spacial score (nSPS) is 12.4. The van der Waals surface area contributed by atoms with Crippen molar-refractivity contribution in [3.05, 3.63) is 63.5 Å². The van der Waals surface area contributed by atoms with Crippen LogP contribution in [0.3, 0.4) is 0 Å². The van der Waals surface area contributed by atoms with E-state index in [4.69, 9.17) is 0 Å². The number of alkyl halides is 6. The summed E-state index contributed by atoms with van der Waals surface area (Å²) in [5.41, 5.74) is -1.34. The second-order valence-electron chi connectivity index (χ2n) is 5.84. The highest BCUT2D eigenvalue weighted by atomic mass is 79.9. The molecule has 1 aromatic carbocycles. The number of benzene rings is 1. The number of pyridine rings is 1. The molecule has 0 bridgehead atoms. The number of fused-ring (bicyclic) bond motifs is 1.